The topological polar surface area (TPSA) is 76.5 Å². The van der Waals surface area contributed by atoms with Crippen LogP contribution < -0.4 is 0 Å². The van der Waals surface area contributed by atoms with E-state index in [9.17, 15) is 14.7 Å². The number of urea groups is 1. The van der Waals surface area contributed by atoms with Gasteiger partial charge < -0.3 is 14.9 Å². The van der Waals surface area contributed by atoms with Crippen LogP contribution in [0.15, 0.2) is 4.99 Å². The number of aliphatic hydroxyl groups excluding tert-OH is 1. The molecular weight excluding hydrogens is 296 g/mol. The molecule has 0 spiro atoms. The third kappa shape index (κ3) is 2.94. The maximum absolute atomic E-state index is 12.7. The largest absolute Gasteiger partial charge is 0.393 e. The lowest BCUT2D eigenvalue weighted by molar-refractivity contribution is -0.135. The molecule has 3 amide bonds. The van der Waals surface area contributed by atoms with Crippen molar-refractivity contribution in [2.45, 2.75) is 63.8 Å². The highest BCUT2D eigenvalue weighted by Crippen LogP contribution is 2.31. The SMILES string of the molecule is C[C@H](O)CCCCN1C(=O)C2N=C3CCCCN3C2N(C)C1=O. The van der Waals surface area contributed by atoms with Gasteiger partial charge in [-0.05, 0) is 39.0 Å². The van der Waals surface area contributed by atoms with Crippen LogP contribution in [0.4, 0.5) is 4.79 Å². The number of amidine groups is 1. The highest BCUT2D eigenvalue weighted by molar-refractivity contribution is 6.03. The highest BCUT2D eigenvalue weighted by Gasteiger charge is 2.51. The van der Waals surface area contributed by atoms with Crippen molar-refractivity contribution in [1.82, 2.24) is 14.7 Å². The number of rotatable bonds is 5. The molecule has 3 aliphatic rings. The van der Waals surface area contributed by atoms with Gasteiger partial charge in [0.05, 0.1) is 6.10 Å². The fraction of sp³-hybridized carbons (Fsp3) is 0.812. The van der Waals surface area contributed by atoms with Crippen LogP contribution in [0.1, 0.15) is 45.4 Å². The molecule has 3 aliphatic heterocycles. The molecule has 2 unspecified atom stereocenters. The number of nitrogens with zero attached hydrogens (tertiary/aromatic N) is 4. The van der Waals surface area contributed by atoms with E-state index in [2.05, 4.69) is 9.89 Å². The predicted octanol–water partition coefficient (Wildman–Crippen LogP) is 1.02. The number of aliphatic hydroxyl groups is 1. The van der Waals surface area contributed by atoms with Gasteiger partial charge >= 0.3 is 6.03 Å². The second-order valence-corrected chi connectivity index (χ2v) is 6.78. The second-order valence-electron chi connectivity index (χ2n) is 6.78. The number of piperidine rings is 1. The van der Waals surface area contributed by atoms with Gasteiger partial charge in [-0.1, -0.05) is 0 Å². The van der Waals surface area contributed by atoms with E-state index in [1.54, 1.807) is 18.9 Å². The van der Waals surface area contributed by atoms with E-state index >= 15 is 0 Å². The van der Waals surface area contributed by atoms with E-state index in [1.807, 2.05) is 0 Å². The summed E-state index contributed by atoms with van der Waals surface area (Å²) in [6.07, 6.45) is 4.71. The van der Waals surface area contributed by atoms with Crippen molar-refractivity contribution in [3.63, 3.8) is 0 Å². The lowest BCUT2D eigenvalue weighted by atomic mass is 10.1. The van der Waals surface area contributed by atoms with E-state index in [0.717, 1.165) is 38.1 Å². The van der Waals surface area contributed by atoms with Crippen molar-refractivity contribution in [3.8, 4) is 0 Å². The van der Waals surface area contributed by atoms with Gasteiger partial charge in [0, 0.05) is 26.6 Å². The van der Waals surface area contributed by atoms with Crippen LogP contribution in [-0.2, 0) is 4.79 Å². The number of aliphatic imine (C=N–C) groups is 1. The maximum atomic E-state index is 12.7. The Hall–Kier alpha value is -1.63. The average Bonchev–Trinajstić information content (AvgIpc) is 2.91. The molecule has 0 aromatic carbocycles. The van der Waals surface area contributed by atoms with Gasteiger partial charge in [0.2, 0.25) is 0 Å². The van der Waals surface area contributed by atoms with Crippen molar-refractivity contribution < 1.29 is 14.7 Å². The summed E-state index contributed by atoms with van der Waals surface area (Å²) in [4.78, 5) is 35.1. The molecule has 128 valence electrons. The average molecular weight is 322 g/mol. The van der Waals surface area contributed by atoms with Crippen molar-refractivity contribution in [3.05, 3.63) is 0 Å². The third-order valence-electron chi connectivity index (χ3n) is 4.97. The maximum Gasteiger partial charge on any atom is 0.328 e. The Bertz CT molecular complexity index is 519. The predicted molar refractivity (Wildman–Crippen MR) is 86.0 cm³/mol. The minimum Gasteiger partial charge on any atom is -0.393 e. The zero-order valence-electron chi connectivity index (χ0n) is 13.9. The molecular formula is C16H26N4O3. The summed E-state index contributed by atoms with van der Waals surface area (Å²) in [5.74, 6) is 0.812. The van der Waals surface area contributed by atoms with Crippen LogP contribution in [-0.4, -0.2) is 76.0 Å². The minimum atomic E-state index is -0.470. The molecule has 7 nitrogen and oxygen atoms in total. The molecule has 0 saturated carbocycles. The molecule has 0 aromatic heterocycles. The number of imide groups is 1. The summed E-state index contributed by atoms with van der Waals surface area (Å²) in [5.41, 5.74) is 0. The Morgan fingerprint density at radius 2 is 2.09 bits per heavy atom. The van der Waals surface area contributed by atoms with Gasteiger partial charge in [0.25, 0.3) is 5.91 Å². The molecule has 2 saturated heterocycles. The molecule has 0 radical (unpaired) electrons. The molecule has 3 atom stereocenters. The monoisotopic (exact) mass is 322 g/mol. The van der Waals surface area contributed by atoms with Crippen LogP contribution in [0.3, 0.4) is 0 Å². The third-order valence-corrected chi connectivity index (χ3v) is 4.97. The van der Waals surface area contributed by atoms with Gasteiger partial charge in [-0.2, -0.15) is 0 Å². The van der Waals surface area contributed by atoms with Crippen molar-refractivity contribution in [2.75, 3.05) is 20.1 Å². The quantitative estimate of drug-likeness (QED) is 0.767. The van der Waals surface area contributed by atoms with Gasteiger partial charge in [-0.3, -0.25) is 14.7 Å². The minimum absolute atomic E-state index is 0.169. The van der Waals surface area contributed by atoms with E-state index in [-0.39, 0.29) is 24.2 Å². The summed E-state index contributed by atoms with van der Waals surface area (Å²) in [6.45, 7) is 3.03. The second kappa shape index (κ2) is 6.47. The van der Waals surface area contributed by atoms with E-state index in [0.29, 0.717) is 19.4 Å². The standard InChI is InChI=1S/C16H26N4O3/c1-11(21)7-3-5-10-20-15(22)13-14(18(2)16(20)23)19-9-6-4-8-12(19)17-13/h11,13-14,21H,3-10H2,1-2H3/t11-,13?,14?/m0/s1. The molecule has 7 heteroatoms. The normalized spacial score (nSPS) is 28.7. The van der Waals surface area contributed by atoms with Gasteiger partial charge in [0.15, 0.2) is 6.04 Å². The van der Waals surface area contributed by atoms with Crippen molar-refractivity contribution in [2.24, 2.45) is 4.99 Å². The molecule has 23 heavy (non-hydrogen) atoms. The van der Waals surface area contributed by atoms with Crippen molar-refractivity contribution in [1.29, 1.82) is 0 Å². The number of amides is 3. The number of carbonyl (C=O) groups excluding carboxylic acids is 2. The van der Waals surface area contributed by atoms with Crippen LogP contribution >= 0.6 is 0 Å². The first-order valence-corrected chi connectivity index (χ1v) is 8.60. The van der Waals surface area contributed by atoms with Crippen LogP contribution in [0.25, 0.3) is 0 Å². The zero-order valence-corrected chi connectivity index (χ0v) is 13.9. The molecule has 3 heterocycles. The fourth-order valence-electron chi connectivity index (χ4n) is 3.74. The van der Waals surface area contributed by atoms with E-state index < -0.39 is 6.04 Å². The molecule has 0 aromatic rings. The van der Waals surface area contributed by atoms with Crippen LogP contribution in [0, 0.1) is 0 Å². The summed E-state index contributed by atoms with van der Waals surface area (Å²) in [7, 11) is 1.77. The molecule has 0 aliphatic carbocycles. The summed E-state index contributed by atoms with van der Waals surface area (Å²) in [6, 6.07) is -0.696. The Kier molecular flexibility index (Phi) is 4.57. The Balaban J connectivity index is 1.69. The van der Waals surface area contributed by atoms with E-state index in [4.69, 9.17) is 0 Å². The number of hydrogen-bond acceptors (Lipinski definition) is 5. The molecule has 0 bridgehead atoms. The highest BCUT2D eigenvalue weighted by atomic mass is 16.3. The Labute approximate surface area is 136 Å². The number of likely N-dealkylation sites (N-methyl/N-ethyl adjacent to an activating group) is 1. The first-order valence-electron chi connectivity index (χ1n) is 8.60. The Morgan fingerprint density at radius 3 is 2.83 bits per heavy atom. The fourth-order valence-corrected chi connectivity index (χ4v) is 3.74. The molecule has 2 fully saturated rings. The number of carbonyl (C=O) groups is 2. The number of hydrogen-bond donors (Lipinski definition) is 1. The van der Waals surface area contributed by atoms with E-state index in [1.165, 1.54) is 4.90 Å². The molecule has 3 rings (SSSR count). The van der Waals surface area contributed by atoms with Gasteiger partial charge in [-0.25, -0.2) is 4.79 Å². The van der Waals surface area contributed by atoms with Gasteiger partial charge in [-0.15, -0.1) is 0 Å². The number of fused-ring (bicyclic) bond motifs is 3. The summed E-state index contributed by atoms with van der Waals surface area (Å²) >= 11 is 0. The van der Waals surface area contributed by atoms with Crippen molar-refractivity contribution >= 4 is 17.8 Å². The lowest BCUT2D eigenvalue weighted by Crippen LogP contribution is -2.65. The lowest BCUT2D eigenvalue weighted by Gasteiger charge is -2.43. The Morgan fingerprint density at radius 1 is 1.30 bits per heavy atom. The first kappa shape index (κ1) is 16.2. The summed E-state index contributed by atoms with van der Waals surface area (Å²) in [5, 5.41) is 9.30. The number of unbranched alkanes of at least 4 members (excludes halogenated alkanes) is 1. The smallest absolute Gasteiger partial charge is 0.328 e. The zero-order chi connectivity index (χ0) is 16.6. The van der Waals surface area contributed by atoms with Crippen LogP contribution in [0.2, 0.25) is 0 Å². The first-order chi connectivity index (χ1) is 11.0. The summed E-state index contributed by atoms with van der Waals surface area (Å²) < 4.78 is 0. The van der Waals surface area contributed by atoms with Crippen LogP contribution in [0.5, 0.6) is 0 Å². The molecule has 1 N–H and O–H groups in total. The van der Waals surface area contributed by atoms with Gasteiger partial charge in [0.1, 0.15) is 12.0 Å².